The van der Waals surface area contributed by atoms with Crippen LogP contribution in [0.1, 0.15) is 42.5 Å². The number of carbonyl (C=O) groups is 1. The topological polar surface area (TPSA) is 46.2 Å². The SMILES string of the molecule is Cc1ccc(CCCC(=O)N[C@@H](C)c2ccc([S@@](C)=O)cc2)cc1. The summed E-state index contributed by atoms with van der Waals surface area (Å²) in [6.07, 6.45) is 3.94. The lowest BCUT2D eigenvalue weighted by atomic mass is 10.1. The zero-order chi connectivity index (χ0) is 17.5. The van der Waals surface area contributed by atoms with Gasteiger partial charge in [0.2, 0.25) is 5.91 Å². The van der Waals surface area contributed by atoms with E-state index in [2.05, 4.69) is 36.5 Å². The lowest BCUT2D eigenvalue weighted by Crippen LogP contribution is -2.26. The summed E-state index contributed by atoms with van der Waals surface area (Å²) in [5, 5.41) is 3.03. The number of nitrogens with one attached hydrogen (secondary N) is 1. The van der Waals surface area contributed by atoms with Crippen molar-refractivity contribution in [2.75, 3.05) is 6.26 Å². The van der Waals surface area contributed by atoms with Gasteiger partial charge in [0.15, 0.2) is 0 Å². The van der Waals surface area contributed by atoms with Crippen LogP contribution in [0.5, 0.6) is 0 Å². The van der Waals surface area contributed by atoms with Gasteiger partial charge in [0.1, 0.15) is 0 Å². The summed E-state index contributed by atoms with van der Waals surface area (Å²) < 4.78 is 11.4. The third-order valence-electron chi connectivity index (χ3n) is 4.08. The second kappa shape index (κ2) is 8.78. The van der Waals surface area contributed by atoms with Crippen molar-refractivity contribution >= 4 is 16.7 Å². The van der Waals surface area contributed by atoms with Crippen LogP contribution in [-0.4, -0.2) is 16.4 Å². The second-order valence-corrected chi connectivity index (χ2v) is 7.53. The van der Waals surface area contributed by atoms with Crippen molar-refractivity contribution in [1.29, 1.82) is 0 Å². The van der Waals surface area contributed by atoms with Crippen LogP contribution in [0.3, 0.4) is 0 Å². The van der Waals surface area contributed by atoms with E-state index in [0.29, 0.717) is 6.42 Å². The summed E-state index contributed by atoms with van der Waals surface area (Å²) in [4.78, 5) is 12.9. The Labute approximate surface area is 146 Å². The van der Waals surface area contributed by atoms with Crippen LogP contribution >= 0.6 is 0 Å². The minimum absolute atomic E-state index is 0.0452. The van der Waals surface area contributed by atoms with Crippen molar-refractivity contribution < 1.29 is 9.00 Å². The zero-order valence-corrected chi connectivity index (χ0v) is 15.4. The molecule has 0 bridgehead atoms. The number of hydrogen-bond acceptors (Lipinski definition) is 2. The van der Waals surface area contributed by atoms with Crippen molar-refractivity contribution in [3.63, 3.8) is 0 Å². The fourth-order valence-corrected chi connectivity index (χ4v) is 3.07. The number of hydrogen-bond donors (Lipinski definition) is 1. The van der Waals surface area contributed by atoms with Gasteiger partial charge >= 0.3 is 0 Å². The first-order valence-corrected chi connectivity index (χ1v) is 9.80. The molecule has 2 aromatic rings. The normalized spacial score (nSPS) is 13.3. The van der Waals surface area contributed by atoms with Gasteiger partial charge in [-0.15, -0.1) is 0 Å². The molecule has 1 amide bonds. The van der Waals surface area contributed by atoms with Crippen LogP contribution in [0.25, 0.3) is 0 Å². The molecule has 0 unspecified atom stereocenters. The number of aryl methyl sites for hydroxylation is 2. The summed E-state index contributed by atoms with van der Waals surface area (Å²) in [6, 6.07) is 16.0. The minimum atomic E-state index is -0.973. The van der Waals surface area contributed by atoms with E-state index in [1.807, 2.05) is 31.2 Å². The molecule has 0 radical (unpaired) electrons. The average Bonchev–Trinajstić information content (AvgIpc) is 2.56. The Balaban J connectivity index is 1.78. The highest BCUT2D eigenvalue weighted by Gasteiger charge is 2.10. The maximum absolute atomic E-state index is 12.1. The molecule has 2 aromatic carbocycles. The van der Waals surface area contributed by atoms with Crippen molar-refractivity contribution in [3.8, 4) is 0 Å². The fourth-order valence-electron chi connectivity index (χ4n) is 2.55. The summed E-state index contributed by atoms with van der Waals surface area (Å²) in [6.45, 7) is 4.04. The molecule has 0 spiro atoms. The van der Waals surface area contributed by atoms with Crippen LogP contribution in [0, 0.1) is 6.92 Å². The van der Waals surface area contributed by atoms with Crippen molar-refractivity contribution in [2.24, 2.45) is 0 Å². The molecule has 0 saturated carbocycles. The maximum Gasteiger partial charge on any atom is 0.220 e. The van der Waals surface area contributed by atoms with Crippen LogP contribution < -0.4 is 5.32 Å². The third kappa shape index (κ3) is 5.60. The molecule has 0 saturated heterocycles. The molecule has 0 fully saturated rings. The molecule has 24 heavy (non-hydrogen) atoms. The number of carbonyl (C=O) groups excluding carboxylic acids is 1. The highest BCUT2D eigenvalue weighted by Crippen LogP contribution is 2.15. The van der Waals surface area contributed by atoms with E-state index in [1.54, 1.807) is 6.26 Å². The Morgan fingerprint density at radius 1 is 1.08 bits per heavy atom. The van der Waals surface area contributed by atoms with Crippen LogP contribution in [-0.2, 0) is 22.0 Å². The molecule has 0 aliphatic heterocycles. The standard InChI is InChI=1S/C20H25NO2S/c1-15-7-9-17(10-8-15)5-4-6-20(22)21-16(2)18-11-13-19(14-12-18)24(3)23/h7-14,16H,4-6H2,1-3H3,(H,21,22)/t16-,24+/m0/s1. The summed E-state index contributed by atoms with van der Waals surface area (Å²) in [5.74, 6) is 0.0674. The molecule has 0 heterocycles. The Bertz CT molecular complexity index is 693. The molecule has 4 heteroatoms. The highest BCUT2D eigenvalue weighted by molar-refractivity contribution is 7.84. The summed E-state index contributed by atoms with van der Waals surface area (Å²) in [7, 11) is -0.973. The molecule has 0 aromatic heterocycles. The first-order chi connectivity index (χ1) is 11.5. The average molecular weight is 343 g/mol. The maximum atomic E-state index is 12.1. The molecule has 2 rings (SSSR count). The van der Waals surface area contributed by atoms with Gasteiger partial charge in [0.05, 0.1) is 6.04 Å². The molecular weight excluding hydrogens is 318 g/mol. The molecular formula is C20H25NO2S. The molecule has 0 aliphatic carbocycles. The fraction of sp³-hybridized carbons (Fsp3) is 0.350. The molecule has 0 aliphatic rings. The first kappa shape index (κ1) is 18.4. The van der Waals surface area contributed by atoms with Gasteiger partial charge in [-0.05, 0) is 49.9 Å². The van der Waals surface area contributed by atoms with E-state index >= 15 is 0 Å². The molecule has 3 nitrogen and oxygen atoms in total. The van der Waals surface area contributed by atoms with E-state index in [1.165, 1.54) is 11.1 Å². The van der Waals surface area contributed by atoms with Gasteiger partial charge in [0.25, 0.3) is 0 Å². The van der Waals surface area contributed by atoms with Gasteiger partial charge in [-0.2, -0.15) is 0 Å². The van der Waals surface area contributed by atoms with Gasteiger partial charge in [-0.1, -0.05) is 42.0 Å². The van der Waals surface area contributed by atoms with Gasteiger partial charge in [0, 0.05) is 28.4 Å². The van der Waals surface area contributed by atoms with Crippen molar-refractivity contribution in [3.05, 3.63) is 65.2 Å². The van der Waals surface area contributed by atoms with Crippen LogP contribution in [0.4, 0.5) is 0 Å². The Hall–Kier alpha value is -1.94. The highest BCUT2D eigenvalue weighted by atomic mass is 32.2. The van der Waals surface area contributed by atoms with Crippen LogP contribution in [0.2, 0.25) is 0 Å². The Kier molecular flexibility index (Phi) is 6.73. The molecule has 128 valence electrons. The van der Waals surface area contributed by atoms with Gasteiger partial charge in [-0.3, -0.25) is 9.00 Å². The molecule has 1 N–H and O–H groups in total. The Morgan fingerprint density at radius 2 is 1.71 bits per heavy atom. The number of benzene rings is 2. The number of amides is 1. The summed E-state index contributed by atoms with van der Waals surface area (Å²) in [5.41, 5.74) is 3.55. The first-order valence-electron chi connectivity index (χ1n) is 8.24. The molecule has 2 atom stereocenters. The third-order valence-corrected chi connectivity index (χ3v) is 5.02. The van der Waals surface area contributed by atoms with Crippen LogP contribution in [0.15, 0.2) is 53.4 Å². The van der Waals surface area contributed by atoms with E-state index in [9.17, 15) is 9.00 Å². The zero-order valence-electron chi connectivity index (χ0n) is 14.5. The Morgan fingerprint density at radius 3 is 2.29 bits per heavy atom. The van der Waals surface area contributed by atoms with E-state index < -0.39 is 10.8 Å². The minimum Gasteiger partial charge on any atom is -0.350 e. The lowest BCUT2D eigenvalue weighted by Gasteiger charge is -2.14. The van der Waals surface area contributed by atoms with E-state index in [-0.39, 0.29) is 11.9 Å². The van der Waals surface area contributed by atoms with Crippen molar-refractivity contribution in [1.82, 2.24) is 5.32 Å². The summed E-state index contributed by atoms with van der Waals surface area (Å²) >= 11 is 0. The van der Waals surface area contributed by atoms with Crippen molar-refractivity contribution in [2.45, 2.75) is 44.0 Å². The lowest BCUT2D eigenvalue weighted by molar-refractivity contribution is -0.121. The smallest absolute Gasteiger partial charge is 0.220 e. The quantitative estimate of drug-likeness (QED) is 0.828. The predicted molar refractivity (Wildman–Crippen MR) is 99.4 cm³/mol. The number of rotatable bonds is 7. The van der Waals surface area contributed by atoms with Gasteiger partial charge < -0.3 is 5.32 Å². The van der Waals surface area contributed by atoms with Gasteiger partial charge in [-0.25, -0.2) is 0 Å². The van der Waals surface area contributed by atoms with E-state index in [0.717, 1.165) is 23.3 Å². The predicted octanol–water partition coefficient (Wildman–Crippen LogP) is 3.93. The van der Waals surface area contributed by atoms with E-state index in [4.69, 9.17) is 0 Å². The second-order valence-electron chi connectivity index (χ2n) is 6.15. The monoisotopic (exact) mass is 343 g/mol. The largest absolute Gasteiger partial charge is 0.350 e.